The molecule has 3 rings (SSSR count). The van der Waals surface area contributed by atoms with Crippen molar-refractivity contribution < 1.29 is 0 Å². The Kier molecular flexibility index (Phi) is 4.71. The van der Waals surface area contributed by atoms with Crippen LogP contribution in [0.5, 0.6) is 0 Å². The van der Waals surface area contributed by atoms with Crippen molar-refractivity contribution in [3.05, 3.63) is 15.6 Å². The number of hydrogen-bond acceptors (Lipinski definition) is 5. The molecule has 2 heterocycles. The maximum absolute atomic E-state index is 4.96. The molecular weight excluding hydrogens is 268 g/mol. The molecule has 0 amide bonds. The van der Waals surface area contributed by atoms with Gasteiger partial charge in [0, 0.05) is 43.5 Å². The third-order valence-electron chi connectivity index (χ3n) is 4.23. The van der Waals surface area contributed by atoms with Crippen molar-refractivity contribution in [1.29, 1.82) is 0 Å². The zero-order valence-corrected chi connectivity index (χ0v) is 13.5. The molecule has 0 atom stereocenters. The Balaban J connectivity index is 1.63. The lowest BCUT2D eigenvalue weighted by Crippen LogP contribution is -2.43. The van der Waals surface area contributed by atoms with E-state index in [1.165, 1.54) is 54.6 Å². The summed E-state index contributed by atoms with van der Waals surface area (Å²) in [6.07, 6.45) is 2.69. The predicted molar refractivity (Wildman–Crippen MR) is 84.2 cm³/mol. The van der Waals surface area contributed by atoms with Crippen LogP contribution in [0.1, 0.15) is 41.3 Å². The van der Waals surface area contributed by atoms with E-state index in [1.54, 1.807) is 0 Å². The van der Waals surface area contributed by atoms with Crippen molar-refractivity contribution in [3.8, 4) is 0 Å². The molecule has 2 fully saturated rings. The molecular formula is C15H26N4S. The molecule has 1 aliphatic carbocycles. The fourth-order valence-electron chi connectivity index (χ4n) is 2.72. The van der Waals surface area contributed by atoms with Gasteiger partial charge in [-0.1, -0.05) is 6.92 Å². The lowest BCUT2D eigenvalue weighted by molar-refractivity contribution is 0.148. The van der Waals surface area contributed by atoms with Crippen molar-refractivity contribution in [2.45, 2.75) is 38.8 Å². The van der Waals surface area contributed by atoms with E-state index in [2.05, 4.69) is 29.1 Å². The van der Waals surface area contributed by atoms with Gasteiger partial charge in [0.15, 0.2) is 0 Å². The highest BCUT2D eigenvalue weighted by molar-refractivity contribution is 7.11. The molecule has 1 N–H and O–H groups in total. The molecule has 2 aliphatic rings. The Hall–Kier alpha value is -0.490. The van der Waals surface area contributed by atoms with Gasteiger partial charge in [-0.15, -0.1) is 11.3 Å². The van der Waals surface area contributed by atoms with Gasteiger partial charge in [-0.25, -0.2) is 4.98 Å². The first-order valence-electron chi connectivity index (χ1n) is 7.86. The second kappa shape index (κ2) is 6.52. The monoisotopic (exact) mass is 294 g/mol. The van der Waals surface area contributed by atoms with Crippen molar-refractivity contribution in [2.24, 2.45) is 0 Å². The number of aromatic nitrogens is 1. The highest BCUT2D eigenvalue weighted by atomic mass is 32.1. The van der Waals surface area contributed by atoms with Gasteiger partial charge < -0.3 is 10.2 Å². The topological polar surface area (TPSA) is 31.4 Å². The maximum atomic E-state index is 4.96. The number of thiazole rings is 1. The first-order valence-corrected chi connectivity index (χ1v) is 8.68. The molecule has 0 spiro atoms. The number of nitrogens with one attached hydrogen (secondary N) is 1. The molecule has 1 aromatic heterocycles. The van der Waals surface area contributed by atoms with E-state index < -0.39 is 0 Å². The van der Waals surface area contributed by atoms with Crippen molar-refractivity contribution in [3.63, 3.8) is 0 Å². The van der Waals surface area contributed by atoms with Crippen LogP contribution < -0.4 is 5.32 Å². The Bertz CT molecular complexity index is 433. The van der Waals surface area contributed by atoms with E-state index in [1.807, 2.05) is 11.3 Å². The third kappa shape index (κ3) is 3.58. The average Bonchev–Trinajstić information content (AvgIpc) is 3.22. The highest BCUT2D eigenvalue weighted by Gasteiger charge is 2.29. The summed E-state index contributed by atoms with van der Waals surface area (Å²) in [5.41, 5.74) is 1.40. The number of likely N-dealkylation sites (N-methyl/N-ethyl adjacent to an activating group) is 1. The van der Waals surface area contributed by atoms with E-state index in [0.717, 1.165) is 25.6 Å². The summed E-state index contributed by atoms with van der Waals surface area (Å²) in [4.78, 5) is 11.4. The summed E-state index contributed by atoms with van der Waals surface area (Å²) in [6, 6.07) is 0. The van der Waals surface area contributed by atoms with Gasteiger partial charge in [0.1, 0.15) is 5.01 Å². The van der Waals surface area contributed by atoms with Crippen molar-refractivity contribution in [1.82, 2.24) is 20.1 Å². The van der Waals surface area contributed by atoms with Crippen molar-refractivity contribution in [2.75, 3.05) is 39.8 Å². The van der Waals surface area contributed by atoms with Gasteiger partial charge in [-0.3, -0.25) is 4.90 Å². The fraction of sp³-hybridized carbons (Fsp3) is 0.800. The standard InChI is InChI=1S/C15H26N4S/c1-3-16-10-13-15(12-4-5-12)17-14(20-13)11-19-8-6-18(2)7-9-19/h12,16H,3-11H2,1-2H3. The van der Waals surface area contributed by atoms with E-state index in [9.17, 15) is 0 Å². The number of rotatable bonds is 6. The van der Waals surface area contributed by atoms with Gasteiger partial charge in [0.2, 0.25) is 0 Å². The Labute approximate surface area is 126 Å². The molecule has 5 heteroatoms. The largest absolute Gasteiger partial charge is 0.312 e. The first-order chi connectivity index (χ1) is 9.76. The summed E-state index contributed by atoms with van der Waals surface area (Å²) in [6.45, 7) is 9.98. The minimum absolute atomic E-state index is 0.765. The first kappa shape index (κ1) is 14.4. The maximum Gasteiger partial charge on any atom is 0.107 e. The zero-order chi connectivity index (χ0) is 13.9. The molecule has 1 saturated heterocycles. The molecule has 1 saturated carbocycles. The summed E-state index contributed by atoms with van der Waals surface area (Å²) in [5, 5.41) is 4.78. The van der Waals surface area contributed by atoms with E-state index in [4.69, 9.17) is 4.98 Å². The second-order valence-electron chi connectivity index (χ2n) is 6.05. The van der Waals surface area contributed by atoms with Crippen LogP contribution in [0.4, 0.5) is 0 Å². The van der Waals surface area contributed by atoms with Crippen LogP contribution in [0.3, 0.4) is 0 Å². The quantitative estimate of drug-likeness (QED) is 0.868. The van der Waals surface area contributed by atoms with Gasteiger partial charge in [-0.05, 0) is 26.4 Å². The summed E-state index contributed by atoms with van der Waals surface area (Å²) >= 11 is 1.93. The SMILES string of the molecule is CCNCc1sc(CN2CCN(C)CC2)nc1C1CC1. The molecule has 0 bridgehead atoms. The summed E-state index contributed by atoms with van der Waals surface area (Å²) in [5.74, 6) is 0.765. The minimum atomic E-state index is 0.765. The van der Waals surface area contributed by atoms with Crippen LogP contribution in [-0.4, -0.2) is 54.6 Å². The molecule has 1 aromatic rings. The zero-order valence-electron chi connectivity index (χ0n) is 12.7. The van der Waals surface area contributed by atoms with E-state index in [-0.39, 0.29) is 0 Å². The third-order valence-corrected chi connectivity index (χ3v) is 5.28. The molecule has 0 aromatic carbocycles. The Morgan fingerprint density at radius 2 is 2.00 bits per heavy atom. The average molecular weight is 294 g/mol. The molecule has 1 aliphatic heterocycles. The lowest BCUT2D eigenvalue weighted by atomic mass is 10.2. The predicted octanol–water partition coefficient (Wildman–Crippen LogP) is 1.88. The van der Waals surface area contributed by atoms with Crippen LogP contribution in [0.25, 0.3) is 0 Å². The Morgan fingerprint density at radius 3 is 2.65 bits per heavy atom. The van der Waals surface area contributed by atoms with E-state index in [0.29, 0.717) is 0 Å². The minimum Gasteiger partial charge on any atom is -0.312 e. The summed E-state index contributed by atoms with van der Waals surface area (Å²) in [7, 11) is 2.21. The molecule has 0 unspecified atom stereocenters. The number of piperazine rings is 1. The fourth-order valence-corrected chi connectivity index (χ4v) is 3.89. The lowest BCUT2D eigenvalue weighted by Gasteiger charge is -2.31. The number of hydrogen-bond donors (Lipinski definition) is 1. The second-order valence-corrected chi connectivity index (χ2v) is 7.22. The highest BCUT2D eigenvalue weighted by Crippen LogP contribution is 2.42. The Morgan fingerprint density at radius 1 is 1.25 bits per heavy atom. The van der Waals surface area contributed by atoms with Gasteiger partial charge in [0.05, 0.1) is 12.2 Å². The number of nitrogens with zero attached hydrogens (tertiary/aromatic N) is 3. The van der Waals surface area contributed by atoms with Gasteiger partial charge >= 0.3 is 0 Å². The molecule has 112 valence electrons. The molecule has 0 radical (unpaired) electrons. The van der Waals surface area contributed by atoms with E-state index >= 15 is 0 Å². The van der Waals surface area contributed by atoms with Crippen LogP contribution in [0, 0.1) is 0 Å². The van der Waals surface area contributed by atoms with Crippen molar-refractivity contribution >= 4 is 11.3 Å². The molecule has 4 nitrogen and oxygen atoms in total. The van der Waals surface area contributed by atoms with Crippen LogP contribution in [0.15, 0.2) is 0 Å². The van der Waals surface area contributed by atoms with Crippen LogP contribution in [0.2, 0.25) is 0 Å². The molecule has 20 heavy (non-hydrogen) atoms. The van der Waals surface area contributed by atoms with Crippen LogP contribution >= 0.6 is 11.3 Å². The van der Waals surface area contributed by atoms with Gasteiger partial charge in [-0.2, -0.15) is 0 Å². The smallest absolute Gasteiger partial charge is 0.107 e. The normalized spacial score (nSPS) is 21.5. The van der Waals surface area contributed by atoms with Crippen LogP contribution in [-0.2, 0) is 13.1 Å². The summed E-state index contributed by atoms with van der Waals surface area (Å²) < 4.78 is 0. The van der Waals surface area contributed by atoms with Gasteiger partial charge in [0.25, 0.3) is 0 Å².